The van der Waals surface area contributed by atoms with Crippen molar-refractivity contribution in [2.45, 2.75) is 33.0 Å². The Balaban J connectivity index is 1.91. The van der Waals surface area contributed by atoms with Gasteiger partial charge in [-0.25, -0.2) is 14.4 Å². The number of alkyl halides is 3. The molecular formula is C18H22F4N4OS. The lowest BCUT2D eigenvalue weighted by Crippen LogP contribution is -2.38. The third kappa shape index (κ3) is 6.66. The summed E-state index contributed by atoms with van der Waals surface area (Å²) in [5.41, 5.74) is -0.196. The van der Waals surface area contributed by atoms with Crippen molar-refractivity contribution in [3.63, 3.8) is 0 Å². The summed E-state index contributed by atoms with van der Waals surface area (Å²) >= 11 is 0.974. The zero-order chi connectivity index (χ0) is 20.6. The summed E-state index contributed by atoms with van der Waals surface area (Å²) in [4.78, 5) is 7.96. The van der Waals surface area contributed by atoms with Crippen molar-refractivity contribution >= 4 is 17.3 Å². The average Bonchev–Trinajstić information content (AvgIpc) is 3.11. The summed E-state index contributed by atoms with van der Waals surface area (Å²) < 4.78 is 56.8. The summed E-state index contributed by atoms with van der Waals surface area (Å²) in [5, 5.41) is 7.48. The van der Waals surface area contributed by atoms with E-state index in [1.54, 1.807) is 19.1 Å². The van der Waals surface area contributed by atoms with Gasteiger partial charge in [0.2, 0.25) is 0 Å². The van der Waals surface area contributed by atoms with E-state index in [2.05, 4.69) is 20.6 Å². The van der Waals surface area contributed by atoms with Crippen molar-refractivity contribution in [1.82, 2.24) is 15.6 Å². The molecule has 2 rings (SSSR count). The molecule has 0 saturated heterocycles. The van der Waals surface area contributed by atoms with Crippen LogP contribution in [0.4, 0.5) is 17.6 Å². The average molecular weight is 418 g/mol. The standard InChI is InChI=1S/C18H22F4N4OS/c1-3-23-17(24-8-7-16-26-15(11-28-16)18(20,21)22)25-10-12-5-6-14(27-4-2)13(19)9-12/h5-6,9,11H,3-4,7-8,10H2,1-2H3,(H2,23,24,25). The second-order valence-electron chi connectivity index (χ2n) is 5.69. The van der Waals surface area contributed by atoms with E-state index in [1.807, 2.05) is 6.92 Å². The molecule has 0 unspecified atom stereocenters. The highest BCUT2D eigenvalue weighted by Crippen LogP contribution is 2.30. The molecule has 1 aromatic heterocycles. The first-order chi connectivity index (χ1) is 13.3. The van der Waals surface area contributed by atoms with Crippen LogP contribution in [0.1, 0.15) is 30.1 Å². The Morgan fingerprint density at radius 2 is 2.04 bits per heavy atom. The Bertz CT molecular complexity index is 792. The van der Waals surface area contributed by atoms with Gasteiger partial charge < -0.3 is 15.4 Å². The van der Waals surface area contributed by atoms with Crippen LogP contribution in [0.15, 0.2) is 28.6 Å². The molecule has 0 fully saturated rings. The number of aromatic nitrogens is 1. The molecule has 0 aliphatic carbocycles. The van der Waals surface area contributed by atoms with Gasteiger partial charge in [0.1, 0.15) is 0 Å². The molecule has 0 amide bonds. The van der Waals surface area contributed by atoms with E-state index in [-0.39, 0.29) is 12.3 Å². The molecule has 2 N–H and O–H groups in total. The number of hydrogen-bond donors (Lipinski definition) is 2. The predicted molar refractivity (Wildman–Crippen MR) is 101 cm³/mol. The number of thiazole rings is 1. The molecule has 5 nitrogen and oxygen atoms in total. The van der Waals surface area contributed by atoms with Gasteiger partial charge in [-0.3, -0.25) is 0 Å². The second-order valence-corrected chi connectivity index (χ2v) is 6.64. The van der Waals surface area contributed by atoms with Gasteiger partial charge in [-0.15, -0.1) is 11.3 Å². The highest BCUT2D eigenvalue weighted by molar-refractivity contribution is 7.09. The molecule has 0 spiro atoms. The Labute approximate surface area is 164 Å². The molecule has 1 aromatic carbocycles. The molecule has 0 radical (unpaired) electrons. The number of aliphatic imine (C=N–C) groups is 1. The minimum atomic E-state index is -4.43. The SMILES string of the molecule is CCNC(=NCc1ccc(OCC)c(F)c1)NCCc1nc(C(F)(F)F)cs1. The highest BCUT2D eigenvalue weighted by atomic mass is 32.1. The van der Waals surface area contributed by atoms with Crippen LogP contribution < -0.4 is 15.4 Å². The fraction of sp³-hybridized carbons (Fsp3) is 0.444. The van der Waals surface area contributed by atoms with Crippen LogP contribution in [0, 0.1) is 5.82 Å². The molecule has 0 atom stereocenters. The number of halogens is 4. The lowest BCUT2D eigenvalue weighted by molar-refractivity contribution is -0.140. The topological polar surface area (TPSA) is 58.5 Å². The van der Waals surface area contributed by atoms with Crippen LogP contribution in [0.2, 0.25) is 0 Å². The maximum absolute atomic E-state index is 13.9. The van der Waals surface area contributed by atoms with Crippen molar-refractivity contribution in [2.75, 3.05) is 19.7 Å². The van der Waals surface area contributed by atoms with Gasteiger partial charge in [0.25, 0.3) is 0 Å². The number of nitrogens with one attached hydrogen (secondary N) is 2. The first-order valence-electron chi connectivity index (χ1n) is 8.78. The fourth-order valence-corrected chi connectivity index (χ4v) is 3.08. The van der Waals surface area contributed by atoms with E-state index >= 15 is 0 Å². The van der Waals surface area contributed by atoms with E-state index in [9.17, 15) is 17.6 Å². The molecule has 1 heterocycles. The van der Waals surface area contributed by atoms with Gasteiger partial charge in [-0.1, -0.05) is 6.07 Å². The quantitative estimate of drug-likeness (QED) is 0.387. The fourth-order valence-electron chi connectivity index (χ4n) is 2.27. The third-order valence-electron chi connectivity index (χ3n) is 3.53. The van der Waals surface area contributed by atoms with Gasteiger partial charge in [0.15, 0.2) is 23.2 Å². The van der Waals surface area contributed by atoms with Crippen LogP contribution in [0.5, 0.6) is 5.75 Å². The number of rotatable bonds is 8. The zero-order valence-electron chi connectivity index (χ0n) is 15.6. The lowest BCUT2D eigenvalue weighted by Gasteiger charge is -2.11. The van der Waals surface area contributed by atoms with Crippen molar-refractivity contribution in [3.8, 4) is 5.75 Å². The van der Waals surface area contributed by atoms with Crippen LogP contribution >= 0.6 is 11.3 Å². The first-order valence-corrected chi connectivity index (χ1v) is 9.66. The monoisotopic (exact) mass is 418 g/mol. The lowest BCUT2D eigenvalue weighted by atomic mass is 10.2. The smallest absolute Gasteiger partial charge is 0.434 e. The van der Waals surface area contributed by atoms with Crippen LogP contribution in [0.25, 0.3) is 0 Å². The Morgan fingerprint density at radius 1 is 1.25 bits per heavy atom. The largest absolute Gasteiger partial charge is 0.491 e. The predicted octanol–water partition coefficient (Wildman–Crippen LogP) is 4.00. The van der Waals surface area contributed by atoms with Gasteiger partial charge in [0, 0.05) is 24.9 Å². The van der Waals surface area contributed by atoms with E-state index in [1.165, 1.54) is 6.07 Å². The molecular weight excluding hydrogens is 396 g/mol. The van der Waals surface area contributed by atoms with Crippen molar-refractivity contribution < 1.29 is 22.3 Å². The molecule has 154 valence electrons. The molecule has 0 aliphatic heterocycles. The summed E-state index contributed by atoms with van der Waals surface area (Å²) in [7, 11) is 0. The van der Waals surface area contributed by atoms with Crippen molar-refractivity contribution in [1.29, 1.82) is 0 Å². The number of guanidine groups is 1. The third-order valence-corrected chi connectivity index (χ3v) is 4.44. The van der Waals surface area contributed by atoms with E-state index in [0.717, 1.165) is 16.7 Å². The minimum absolute atomic E-state index is 0.196. The minimum Gasteiger partial charge on any atom is -0.491 e. The summed E-state index contributed by atoms with van der Waals surface area (Å²) in [5.74, 6) is 0.239. The summed E-state index contributed by atoms with van der Waals surface area (Å²) in [6.07, 6.45) is -4.09. The van der Waals surface area contributed by atoms with Gasteiger partial charge in [0.05, 0.1) is 18.2 Å². The highest BCUT2D eigenvalue weighted by Gasteiger charge is 2.33. The van der Waals surface area contributed by atoms with Gasteiger partial charge in [-0.2, -0.15) is 13.2 Å². The first kappa shape index (κ1) is 21.9. The van der Waals surface area contributed by atoms with Gasteiger partial charge >= 0.3 is 6.18 Å². The maximum Gasteiger partial charge on any atom is 0.434 e. The zero-order valence-corrected chi connectivity index (χ0v) is 16.4. The molecule has 28 heavy (non-hydrogen) atoms. The second kappa shape index (κ2) is 10.3. The summed E-state index contributed by atoms with van der Waals surface area (Å²) in [6.45, 7) is 5.28. The van der Waals surface area contributed by atoms with Crippen LogP contribution in [-0.4, -0.2) is 30.6 Å². The number of nitrogens with zero attached hydrogens (tertiary/aromatic N) is 2. The Kier molecular flexibility index (Phi) is 8.04. The number of ether oxygens (including phenoxy) is 1. The number of benzene rings is 1. The van der Waals surface area contributed by atoms with E-state index < -0.39 is 17.7 Å². The molecule has 0 aliphatic rings. The Hall–Kier alpha value is -2.36. The normalized spacial score (nSPS) is 12.1. The molecule has 0 saturated carbocycles. The molecule has 0 bridgehead atoms. The van der Waals surface area contributed by atoms with Crippen LogP contribution in [0.3, 0.4) is 0 Å². The van der Waals surface area contributed by atoms with E-state index in [0.29, 0.717) is 42.6 Å². The van der Waals surface area contributed by atoms with E-state index in [4.69, 9.17) is 4.74 Å². The molecule has 2 aromatic rings. The maximum atomic E-state index is 13.9. The van der Waals surface area contributed by atoms with Gasteiger partial charge in [-0.05, 0) is 31.5 Å². The number of hydrogen-bond acceptors (Lipinski definition) is 4. The van der Waals surface area contributed by atoms with Crippen LogP contribution in [-0.2, 0) is 19.1 Å². The van der Waals surface area contributed by atoms with Crippen molar-refractivity contribution in [2.24, 2.45) is 4.99 Å². The summed E-state index contributed by atoms with van der Waals surface area (Å²) in [6, 6.07) is 4.66. The van der Waals surface area contributed by atoms with Crippen molar-refractivity contribution in [3.05, 3.63) is 45.7 Å². The molecule has 10 heteroatoms. The Morgan fingerprint density at radius 3 is 2.64 bits per heavy atom.